The molecule has 0 aliphatic rings. The number of hydrogen-bond acceptors (Lipinski definition) is 6. The van der Waals surface area contributed by atoms with Gasteiger partial charge >= 0.3 is 6.03 Å². The van der Waals surface area contributed by atoms with E-state index in [2.05, 4.69) is 22.2 Å². The van der Waals surface area contributed by atoms with Gasteiger partial charge in [0, 0.05) is 18.5 Å². The van der Waals surface area contributed by atoms with Crippen molar-refractivity contribution in [1.82, 2.24) is 20.3 Å². The van der Waals surface area contributed by atoms with Crippen molar-refractivity contribution < 1.29 is 19.0 Å². The Morgan fingerprint density at radius 1 is 1.15 bits per heavy atom. The van der Waals surface area contributed by atoms with Gasteiger partial charge in [-0.1, -0.05) is 35.6 Å². The summed E-state index contributed by atoms with van der Waals surface area (Å²) in [5.41, 5.74) is 2.85. The van der Waals surface area contributed by atoms with Gasteiger partial charge in [-0.15, -0.1) is 23.3 Å². The van der Waals surface area contributed by atoms with E-state index in [4.69, 9.17) is 25.8 Å². The lowest BCUT2D eigenvalue weighted by molar-refractivity contribution is 0.240. The lowest BCUT2D eigenvalue weighted by Gasteiger charge is -2.15. The second-order valence-electron chi connectivity index (χ2n) is 7.07. The molecule has 0 spiro atoms. The maximum Gasteiger partial charge on any atom is 0.344 e. The number of amides is 1. The number of carbonyl (C=O) groups is 1. The van der Waals surface area contributed by atoms with Crippen LogP contribution in [0, 0.1) is 0 Å². The summed E-state index contributed by atoms with van der Waals surface area (Å²) in [5, 5.41) is 10.6. The van der Waals surface area contributed by atoms with Crippen LogP contribution in [-0.2, 0) is 0 Å². The predicted molar refractivity (Wildman–Crippen MR) is 134 cm³/mol. The van der Waals surface area contributed by atoms with Gasteiger partial charge in [0.15, 0.2) is 0 Å². The molecule has 0 aliphatic carbocycles. The van der Waals surface area contributed by atoms with Gasteiger partial charge in [-0.25, -0.2) is 4.79 Å². The molecule has 1 amide bonds. The summed E-state index contributed by atoms with van der Waals surface area (Å²) in [4.78, 5) is 12.6. The highest BCUT2D eigenvalue weighted by atomic mass is 35.5. The molecule has 178 valence electrons. The number of halogens is 1. The van der Waals surface area contributed by atoms with Gasteiger partial charge in [0.1, 0.15) is 22.9 Å². The van der Waals surface area contributed by atoms with Crippen LogP contribution in [-0.4, -0.2) is 54.3 Å². The minimum atomic E-state index is -0.437. The zero-order chi connectivity index (χ0) is 24.3. The van der Waals surface area contributed by atoms with E-state index >= 15 is 0 Å². The molecule has 1 N–H and O–H groups in total. The quantitative estimate of drug-likeness (QED) is 0.181. The monoisotopic (exact) mass is 482 g/mol. The Morgan fingerprint density at radius 2 is 1.94 bits per heavy atom. The molecule has 0 fully saturated rings. The average Bonchev–Trinajstić information content (AvgIpc) is 3.35. The Bertz CT molecular complexity index is 1140. The number of methoxy groups -OCH3 is 2. The van der Waals surface area contributed by atoms with Crippen LogP contribution >= 0.6 is 11.6 Å². The zero-order valence-corrected chi connectivity index (χ0v) is 19.9. The summed E-state index contributed by atoms with van der Waals surface area (Å²) in [6.45, 7) is 4.59. The van der Waals surface area contributed by atoms with E-state index in [1.165, 1.54) is 10.9 Å². The first-order valence-electron chi connectivity index (χ1n) is 10.6. The lowest BCUT2D eigenvalue weighted by atomic mass is 10.0. The van der Waals surface area contributed by atoms with Crippen molar-refractivity contribution in [3.63, 3.8) is 0 Å². The molecule has 3 aromatic rings. The molecule has 8 nitrogen and oxygen atoms in total. The Morgan fingerprint density at radius 3 is 2.62 bits per heavy atom. The normalized spacial score (nSPS) is 10.8. The minimum absolute atomic E-state index is 0.285. The highest BCUT2D eigenvalue weighted by Crippen LogP contribution is 2.37. The molecule has 0 saturated carbocycles. The molecule has 2 aromatic carbocycles. The lowest BCUT2D eigenvalue weighted by Crippen LogP contribution is -2.31. The van der Waals surface area contributed by atoms with Crippen molar-refractivity contribution in [3.8, 4) is 28.5 Å². The molecular weight excluding hydrogens is 456 g/mol. The van der Waals surface area contributed by atoms with Crippen LogP contribution in [0.4, 0.5) is 4.79 Å². The molecule has 34 heavy (non-hydrogen) atoms. The number of benzene rings is 2. The van der Waals surface area contributed by atoms with E-state index in [0.717, 1.165) is 23.3 Å². The van der Waals surface area contributed by atoms with Crippen molar-refractivity contribution in [3.05, 3.63) is 66.4 Å². The van der Waals surface area contributed by atoms with Crippen molar-refractivity contribution in [2.45, 2.75) is 6.42 Å². The van der Waals surface area contributed by atoms with Crippen LogP contribution in [0.2, 0.25) is 0 Å². The fourth-order valence-electron chi connectivity index (χ4n) is 3.20. The van der Waals surface area contributed by atoms with Gasteiger partial charge in [-0.3, -0.25) is 0 Å². The summed E-state index contributed by atoms with van der Waals surface area (Å²) in [7, 11) is 3.14. The third kappa shape index (κ3) is 6.17. The summed E-state index contributed by atoms with van der Waals surface area (Å²) in [6, 6.07) is 10.9. The number of hydrogen-bond donors (Lipinski definition) is 1. The minimum Gasteiger partial charge on any atom is -0.497 e. The molecule has 0 atom stereocenters. The molecule has 0 radical (unpaired) electrons. The molecule has 0 bridgehead atoms. The van der Waals surface area contributed by atoms with Gasteiger partial charge in [0.25, 0.3) is 0 Å². The van der Waals surface area contributed by atoms with Crippen LogP contribution < -0.4 is 19.5 Å². The summed E-state index contributed by atoms with van der Waals surface area (Å²) >= 11 is 5.70. The van der Waals surface area contributed by atoms with Crippen LogP contribution in [0.25, 0.3) is 23.4 Å². The van der Waals surface area contributed by atoms with Crippen LogP contribution in [0.15, 0.2) is 55.3 Å². The number of rotatable bonds is 11. The molecule has 0 unspecified atom stereocenters. The fraction of sp³-hybridized carbons (Fsp3) is 0.240. The maximum absolute atomic E-state index is 12.6. The first-order chi connectivity index (χ1) is 16.6. The summed E-state index contributed by atoms with van der Waals surface area (Å²) in [6.07, 6.45) is 7.99. The molecule has 1 heterocycles. The molecule has 0 saturated heterocycles. The third-order valence-corrected chi connectivity index (χ3v) is 5.05. The largest absolute Gasteiger partial charge is 0.497 e. The Balaban J connectivity index is 1.98. The van der Waals surface area contributed by atoms with Crippen molar-refractivity contribution in [2.24, 2.45) is 0 Å². The van der Waals surface area contributed by atoms with Gasteiger partial charge in [0.2, 0.25) is 0 Å². The Labute approximate surface area is 203 Å². The van der Waals surface area contributed by atoms with E-state index in [-0.39, 0.29) is 5.88 Å². The van der Waals surface area contributed by atoms with Crippen LogP contribution in [0.1, 0.15) is 17.5 Å². The standard InChI is InChI=1S/C25H27ClN4O4/c1-4-5-14-34-20-10-7-18(8-11-20)6-9-19-15-21(32-2)16-23(33-3)24(19)22-17-28-29-30(22)25(31)27-13-12-26/h4,6-11,15-17H,1,5,12-14H2,2-3H3,(H,27,31)/b9-6+. The number of ether oxygens (including phenoxy) is 3. The number of alkyl halides is 1. The summed E-state index contributed by atoms with van der Waals surface area (Å²) in [5.74, 6) is 2.20. The molecule has 9 heteroatoms. The maximum atomic E-state index is 12.6. The molecule has 1 aromatic heterocycles. The third-order valence-electron chi connectivity index (χ3n) is 4.86. The van der Waals surface area contributed by atoms with E-state index < -0.39 is 6.03 Å². The molecular formula is C25H27ClN4O4. The zero-order valence-electron chi connectivity index (χ0n) is 19.2. The first-order valence-corrected chi connectivity index (χ1v) is 11.2. The predicted octanol–water partition coefficient (Wildman–Crippen LogP) is 4.88. The molecule has 0 aliphatic heterocycles. The topological polar surface area (TPSA) is 87.5 Å². The Kier molecular flexibility index (Phi) is 9.11. The highest BCUT2D eigenvalue weighted by molar-refractivity contribution is 6.18. The van der Waals surface area contributed by atoms with Gasteiger partial charge in [-0.2, -0.15) is 4.68 Å². The second-order valence-corrected chi connectivity index (χ2v) is 7.45. The average molecular weight is 483 g/mol. The Hall–Kier alpha value is -3.78. The fourth-order valence-corrected chi connectivity index (χ4v) is 3.30. The van der Waals surface area contributed by atoms with Gasteiger partial charge in [-0.05, 0) is 35.7 Å². The SMILES string of the molecule is C=CCCOc1ccc(/C=C/c2cc(OC)cc(OC)c2-c2cnnn2C(=O)NCCCl)cc1. The smallest absolute Gasteiger partial charge is 0.344 e. The number of carbonyl (C=O) groups excluding carboxylic acids is 1. The number of nitrogens with zero attached hydrogens (tertiary/aromatic N) is 3. The van der Waals surface area contributed by atoms with Gasteiger partial charge < -0.3 is 19.5 Å². The summed E-state index contributed by atoms with van der Waals surface area (Å²) < 4.78 is 17.9. The van der Waals surface area contributed by atoms with Crippen LogP contribution in [0.5, 0.6) is 17.2 Å². The second kappa shape index (κ2) is 12.5. The number of nitrogens with one attached hydrogen (secondary N) is 1. The van der Waals surface area contributed by atoms with Gasteiger partial charge in [0.05, 0.1) is 32.6 Å². The van der Waals surface area contributed by atoms with Crippen molar-refractivity contribution in [1.29, 1.82) is 0 Å². The van der Waals surface area contributed by atoms with Crippen molar-refractivity contribution >= 4 is 29.8 Å². The van der Waals surface area contributed by atoms with E-state index in [9.17, 15) is 4.79 Å². The van der Waals surface area contributed by atoms with Crippen molar-refractivity contribution in [2.75, 3.05) is 33.3 Å². The van der Waals surface area contributed by atoms with Crippen LogP contribution in [0.3, 0.4) is 0 Å². The van der Waals surface area contributed by atoms with E-state index in [1.54, 1.807) is 20.3 Å². The highest BCUT2D eigenvalue weighted by Gasteiger charge is 2.20. The van der Waals surface area contributed by atoms with E-state index in [0.29, 0.717) is 35.9 Å². The number of aromatic nitrogens is 3. The van der Waals surface area contributed by atoms with E-state index in [1.807, 2.05) is 48.6 Å². The first kappa shape index (κ1) is 24.9. The molecule has 3 rings (SSSR count).